The Morgan fingerprint density at radius 1 is 1.18 bits per heavy atom. The summed E-state index contributed by atoms with van der Waals surface area (Å²) in [6.45, 7) is 0. The quantitative estimate of drug-likeness (QED) is 0.566. The molecule has 0 saturated heterocycles. The van der Waals surface area contributed by atoms with Gasteiger partial charge in [0.2, 0.25) is 0 Å². The van der Waals surface area contributed by atoms with E-state index in [2.05, 4.69) is 37.5 Å². The molecular weight excluding hydrogens is 370 g/mol. The van der Waals surface area contributed by atoms with E-state index in [1.54, 1.807) is 22.2 Å². The van der Waals surface area contributed by atoms with Crippen molar-refractivity contribution in [2.75, 3.05) is 5.32 Å². The summed E-state index contributed by atoms with van der Waals surface area (Å²) in [5.41, 5.74) is 3.73. The minimum absolute atomic E-state index is 0.712. The normalized spacial score (nSPS) is 13.7. The molecule has 0 aromatic carbocycles. The lowest BCUT2D eigenvalue weighted by Gasteiger charge is -2.05. The van der Waals surface area contributed by atoms with Crippen molar-refractivity contribution in [2.24, 2.45) is 12.0 Å². The molecule has 0 spiro atoms. The number of aromatic nitrogens is 5. The maximum absolute atomic E-state index is 4.57. The monoisotopic (exact) mass is 387 g/mol. The fraction of sp³-hybridized carbons (Fsp3) is 0.100. The lowest BCUT2D eigenvalue weighted by Crippen LogP contribution is -1.97. The number of anilines is 2. The van der Waals surface area contributed by atoms with Gasteiger partial charge in [0.15, 0.2) is 11.5 Å². The van der Waals surface area contributed by atoms with E-state index in [0.717, 1.165) is 38.9 Å². The summed E-state index contributed by atoms with van der Waals surface area (Å²) < 4.78 is 3.80. The summed E-state index contributed by atoms with van der Waals surface area (Å²) in [5, 5.41) is 8.64. The number of aryl methyl sites for hydroxylation is 1. The number of hydrogen-bond donors (Lipinski definition) is 1. The Morgan fingerprint density at radius 2 is 2.14 bits per heavy atom. The van der Waals surface area contributed by atoms with E-state index >= 15 is 0 Å². The molecule has 7 nitrogen and oxygen atoms in total. The minimum Gasteiger partial charge on any atom is -0.329 e. The van der Waals surface area contributed by atoms with E-state index in [0.29, 0.717) is 5.82 Å². The second-order valence-corrected chi connectivity index (χ2v) is 7.42. The molecule has 1 N–H and O–H groups in total. The first kappa shape index (κ1) is 16.6. The van der Waals surface area contributed by atoms with E-state index in [-0.39, 0.29) is 0 Å². The first-order valence-corrected chi connectivity index (χ1v) is 9.67. The highest BCUT2D eigenvalue weighted by Crippen LogP contribution is 2.32. The van der Waals surface area contributed by atoms with Crippen LogP contribution in [0.2, 0.25) is 0 Å². The van der Waals surface area contributed by atoms with Gasteiger partial charge in [0.25, 0.3) is 0 Å². The molecule has 0 aliphatic carbocycles. The maximum Gasteiger partial charge on any atom is 0.180 e. The molecule has 0 bridgehead atoms. The number of aliphatic imine (C=N–C) groups is 1. The summed E-state index contributed by atoms with van der Waals surface area (Å²) in [6, 6.07) is 4.11. The average Bonchev–Trinajstić information content (AvgIpc) is 3.38. The maximum atomic E-state index is 4.57. The third-order valence-corrected chi connectivity index (χ3v) is 5.41. The van der Waals surface area contributed by atoms with Crippen LogP contribution in [-0.4, -0.2) is 30.4 Å². The van der Waals surface area contributed by atoms with Crippen LogP contribution >= 0.6 is 11.3 Å². The number of hydrogen-bond acceptors (Lipinski definition) is 6. The summed E-state index contributed by atoms with van der Waals surface area (Å²) >= 11 is 1.64. The van der Waals surface area contributed by atoms with E-state index in [4.69, 9.17) is 0 Å². The lowest BCUT2D eigenvalue weighted by atomic mass is 10.3. The molecule has 8 heteroatoms. The van der Waals surface area contributed by atoms with Gasteiger partial charge in [-0.2, -0.15) is 5.10 Å². The molecule has 1 aliphatic rings. The highest BCUT2D eigenvalue weighted by molar-refractivity contribution is 7.17. The average molecular weight is 387 g/mol. The molecule has 28 heavy (non-hydrogen) atoms. The first-order chi connectivity index (χ1) is 13.8. The van der Waals surface area contributed by atoms with Crippen LogP contribution in [0.4, 0.5) is 10.8 Å². The predicted molar refractivity (Wildman–Crippen MR) is 113 cm³/mol. The number of allylic oxidation sites excluding steroid dienone is 3. The molecule has 0 atom stereocenters. The second kappa shape index (κ2) is 6.90. The molecule has 138 valence electrons. The highest BCUT2D eigenvalue weighted by atomic mass is 32.1. The molecule has 0 radical (unpaired) electrons. The number of thiophene rings is 1. The number of nitrogens with one attached hydrogen (secondary N) is 1. The van der Waals surface area contributed by atoms with Crippen LogP contribution in [0.5, 0.6) is 0 Å². The van der Waals surface area contributed by atoms with Crippen LogP contribution in [0.25, 0.3) is 22.6 Å². The van der Waals surface area contributed by atoms with Crippen molar-refractivity contribution in [3.63, 3.8) is 0 Å². The molecule has 1 aliphatic heterocycles. The van der Waals surface area contributed by atoms with Crippen LogP contribution in [0.1, 0.15) is 11.3 Å². The van der Waals surface area contributed by atoms with Gasteiger partial charge in [-0.05, 0) is 18.2 Å². The number of rotatable bonds is 4. The van der Waals surface area contributed by atoms with Gasteiger partial charge in [-0.15, -0.1) is 11.3 Å². The zero-order valence-electron chi connectivity index (χ0n) is 15.1. The number of nitrogens with zero attached hydrogens (tertiary/aromatic N) is 6. The van der Waals surface area contributed by atoms with Crippen LogP contribution in [0.3, 0.4) is 0 Å². The van der Waals surface area contributed by atoms with Crippen molar-refractivity contribution in [2.45, 2.75) is 6.42 Å². The van der Waals surface area contributed by atoms with Gasteiger partial charge < -0.3 is 5.32 Å². The van der Waals surface area contributed by atoms with E-state index in [1.165, 1.54) is 0 Å². The molecule has 4 aromatic heterocycles. The van der Waals surface area contributed by atoms with Crippen LogP contribution in [-0.2, 0) is 7.05 Å². The second-order valence-electron chi connectivity index (χ2n) is 6.33. The van der Waals surface area contributed by atoms with Gasteiger partial charge >= 0.3 is 0 Å². The minimum atomic E-state index is 0.712. The van der Waals surface area contributed by atoms with Crippen molar-refractivity contribution in [1.29, 1.82) is 0 Å². The molecular formula is C20H17N7S. The smallest absolute Gasteiger partial charge is 0.180 e. The highest BCUT2D eigenvalue weighted by Gasteiger charge is 2.13. The molecule has 0 unspecified atom stereocenters. The van der Waals surface area contributed by atoms with Crippen LogP contribution in [0, 0.1) is 0 Å². The van der Waals surface area contributed by atoms with Gasteiger partial charge in [-0.25, -0.2) is 9.97 Å². The standard InChI is InChI=1S/C20H17N7S/c1-26-13-14(11-24-26)16-12-23-20-19(22-9-10-27(16)20)25-18-7-6-17(28-18)15-5-3-2-4-8-21-15/h2-3,5-13H,4H2,1H3,(H,22,25). The van der Waals surface area contributed by atoms with Crippen molar-refractivity contribution in [3.05, 3.63) is 66.2 Å². The van der Waals surface area contributed by atoms with Crippen LogP contribution in [0.15, 0.2) is 66.3 Å². The zero-order valence-corrected chi connectivity index (χ0v) is 16.0. The van der Waals surface area contributed by atoms with Gasteiger partial charge in [-0.1, -0.05) is 12.2 Å². The Morgan fingerprint density at radius 3 is 3.04 bits per heavy atom. The van der Waals surface area contributed by atoms with E-state index < -0.39 is 0 Å². The number of fused-ring (bicyclic) bond motifs is 1. The van der Waals surface area contributed by atoms with Gasteiger partial charge in [0, 0.05) is 43.8 Å². The molecule has 0 saturated carbocycles. The SMILES string of the molecule is Cn1cc(-c2cnc3c(Nc4ccc(C5=CC=CCC=N5)s4)nccn23)cn1. The first-order valence-electron chi connectivity index (χ1n) is 8.85. The Kier molecular flexibility index (Phi) is 4.10. The van der Waals surface area contributed by atoms with E-state index in [1.807, 2.05) is 60.7 Å². The topological polar surface area (TPSA) is 72.4 Å². The molecule has 5 heterocycles. The summed E-state index contributed by atoms with van der Waals surface area (Å²) in [4.78, 5) is 14.7. The Labute approximate surface area is 165 Å². The Bertz CT molecular complexity index is 1240. The summed E-state index contributed by atoms with van der Waals surface area (Å²) in [7, 11) is 1.90. The predicted octanol–water partition coefficient (Wildman–Crippen LogP) is 4.31. The van der Waals surface area contributed by atoms with Crippen molar-refractivity contribution >= 4 is 39.7 Å². The molecule has 4 aromatic rings. The fourth-order valence-electron chi connectivity index (χ4n) is 3.07. The van der Waals surface area contributed by atoms with Crippen molar-refractivity contribution < 1.29 is 0 Å². The van der Waals surface area contributed by atoms with Gasteiger partial charge in [0.05, 0.1) is 33.7 Å². The lowest BCUT2D eigenvalue weighted by molar-refractivity contribution is 0.768. The molecule has 5 rings (SSSR count). The number of imidazole rings is 1. The zero-order chi connectivity index (χ0) is 18.9. The fourth-order valence-corrected chi connectivity index (χ4v) is 3.95. The summed E-state index contributed by atoms with van der Waals surface area (Å²) in [6.07, 6.45) is 18.3. The van der Waals surface area contributed by atoms with Crippen LogP contribution < -0.4 is 5.32 Å². The third kappa shape index (κ3) is 3.03. The Balaban J connectivity index is 1.47. The van der Waals surface area contributed by atoms with Gasteiger partial charge in [-0.3, -0.25) is 14.1 Å². The van der Waals surface area contributed by atoms with E-state index in [9.17, 15) is 0 Å². The third-order valence-electron chi connectivity index (χ3n) is 4.39. The summed E-state index contributed by atoms with van der Waals surface area (Å²) in [5.74, 6) is 0.712. The molecule has 0 fully saturated rings. The van der Waals surface area contributed by atoms with Crippen molar-refractivity contribution in [1.82, 2.24) is 24.1 Å². The van der Waals surface area contributed by atoms with Gasteiger partial charge in [0.1, 0.15) is 0 Å². The Hall–Kier alpha value is -3.52. The molecule has 0 amide bonds. The largest absolute Gasteiger partial charge is 0.329 e. The van der Waals surface area contributed by atoms with Crippen molar-refractivity contribution in [3.8, 4) is 11.3 Å².